The lowest BCUT2D eigenvalue weighted by Crippen LogP contribution is -2.01. The van der Waals surface area contributed by atoms with Gasteiger partial charge in [-0.25, -0.2) is 0 Å². The average Bonchev–Trinajstić information content (AvgIpc) is 2.39. The van der Waals surface area contributed by atoms with Crippen molar-refractivity contribution in [1.82, 2.24) is 0 Å². The Kier molecular flexibility index (Phi) is 4.58. The van der Waals surface area contributed by atoms with Gasteiger partial charge >= 0.3 is 6.61 Å². The molecule has 0 aromatic heterocycles. The molecule has 100 valence electrons. The van der Waals surface area contributed by atoms with Gasteiger partial charge in [0.15, 0.2) is 0 Å². The summed E-state index contributed by atoms with van der Waals surface area (Å²) in [4.78, 5) is 0. The van der Waals surface area contributed by atoms with Crippen molar-refractivity contribution in [2.45, 2.75) is 12.5 Å². The van der Waals surface area contributed by atoms with E-state index in [1.54, 1.807) is 24.3 Å². The smallest absolute Gasteiger partial charge is 0.387 e. The molecule has 2 rings (SSSR count). The third kappa shape index (κ3) is 4.10. The van der Waals surface area contributed by atoms with E-state index in [0.717, 1.165) is 5.56 Å². The Labute approximate surface area is 114 Å². The van der Waals surface area contributed by atoms with Crippen LogP contribution in [0, 0.1) is 0 Å². The van der Waals surface area contributed by atoms with Crippen molar-refractivity contribution in [3.63, 3.8) is 0 Å². The van der Waals surface area contributed by atoms with Crippen molar-refractivity contribution in [3.05, 3.63) is 54.1 Å². The summed E-state index contributed by atoms with van der Waals surface area (Å²) >= 11 is 5.68. The molecule has 0 aliphatic carbocycles. The zero-order valence-corrected chi connectivity index (χ0v) is 10.6. The Morgan fingerprint density at radius 1 is 0.947 bits per heavy atom. The first-order valence-corrected chi connectivity index (χ1v) is 6.08. The second kappa shape index (κ2) is 6.38. The molecule has 0 unspecified atom stereocenters. The fraction of sp³-hybridized carbons (Fsp3) is 0.143. The molecule has 0 spiro atoms. The van der Waals surface area contributed by atoms with Gasteiger partial charge in [0.05, 0.1) is 0 Å². The number of hydrogen-bond acceptors (Lipinski definition) is 2. The van der Waals surface area contributed by atoms with Gasteiger partial charge < -0.3 is 9.47 Å². The van der Waals surface area contributed by atoms with Gasteiger partial charge in [-0.05, 0) is 29.8 Å². The first-order chi connectivity index (χ1) is 9.17. The summed E-state index contributed by atoms with van der Waals surface area (Å²) in [6.07, 6.45) is 0. The fourth-order valence-electron chi connectivity index (χ4n) is 1.50. The van der Waals surface area contributed by atoms with E-state index < -0.39 is 6.61 Å². The summed E-state index contributed by atoms with van der Waals surface area (Å²) in [6, 6.07) is 13.3. The Bertz CT molecular complexity index is 529. The maximum absolute atomic E-state index is 12.1. The summed E-state index contributed by atoms with van der Waals surface area (Å²) in [6.45, 7) is -2.85. The van der Waals surface area contributed by atoms with E-state index in [2.05, 4.69) is 4.74 Å². The van der Waals surface area contributed by atoms with Crippen LogP contribution in [0.1, 0.15) is 5.56 Å². The zero-order valence-electron chi connectivity index (χ0n) is 9.85. The second-order valence-corrected chi connectivity index (χ2v) is 4.00. The van der Waals surface area contributed by atoms with E-state index in [0.29, 0.717) is 17.4 Å². The molecule has 0 saturated heterocycles. The van der Waals surface area contributed by atoms with E-state index in [1.165, 1.54) is 12.1 Å². The molecule has 0 aliphatic heterocycles. The van der Waals surface area contributed by atoms with Crippen LogP contribution in [0.2, 0.25) is 0 Å². The molecule has 0 atom stereocenters. The molecule has 0 saturated carbocycles. The predicted octanol–water partition coefficient (Wildman–Crippen LogP) is 4.82. The Balaban J connectivity index is 2.09. The van der Waals surface area contributed by atoms with Crippen LogP contribution in [0.3, 0.4) is 0 Å². The van der Waals surface area contributed by atoms with Crippen LogP contribution in [-0.4, -0.2) is 6.61 Å². The molecule has 0 aliphatic rings. The maximum Gasteiger partial charge on any atom is 0.387 e. The van der Waals surface area contributed by atoms with Crippen LogP contribution in [0.5, 0.6) is 17.2 Å². The first-order valence-electron chi connectivity index (χ1n) is 5.55. The number of benzene rings is 2. The topological polar surface area (TPSA) is 18.5 Å². The van der Waals surface area contributed by atoms with Crippen LogP contribution in [0.4, 0.5) is 8.78 Å². The van der Waals surface area contributed by atoms with Gasteiger partial charge in [0.2, 0.25) is 0 Å². The quantitative estimate of drug-likeness (QED) is 0.733. The molecule has 5 heteroatoms. The second-order valence-electron chi connectivity index (χ2n) is 3.73. The van der Waals surface area contributed by atoms with E-state index >= 15 is 0 Å². The van der Waals surface area contributed by atoms with Gasteiger partial charge in [-0.3, -0.25) is 0 Å². The summed E-state index contributed by atoms with van der Waals surface area (Å²) in [5.74, 6) is 1.52. The molecule has 0 N–H and O–H groups in total. The number of hydrogen-bond donors (Lipinski definition) is 0. The molecule has 2 aromatic carbocycles. The van der Waals surface area contributed by atoms with E-state index in [1.807, 2.05) is 12.1 Å². The average molecular weight is 285 g/mol. The van der Waals surface area contributed by atoms with Gasteiger partial charge in [0.25, 0.3) is 0 Å². The Morgan fingerprint density at radius 2 is 1.63 bits per heavy atom. The molecular formula is C14H11ClF2O2. The predicted molar refractivity (Wildman–Crippen MR) is 69.1 cm³/mol. The number of ether oxygens (including phenoxy) is 2. The van der Waals surface area contributed by atoms with E-state index in [-0.39, 0.29) is 5.75 Å². The Morgan fingerprint density at radius 3 is 2.26 bits per heavy atom. The molecule has 2 nitrogen and oxygen atoms in total. The number of alkyl halides is 3. The van der Waals surface area contributed by atoms with E-state index in [4.69, 9.17) is 16.3 Å². The highest BCUT2D eigenvalue weighted by molar-refractivity contribution is 6.17. The van der Waals surface area contributed by atoms with Crippen LogP contribution in [-0.2, 0) is 5.88 Å². The highest BCUT2D eigenvalue weighted by Gasteiger charge is 2.05. The summed E-state index contributed by atoms with van der Waals surface area (Å²) in [7, 11) is 0. The molecule has 0 amide bonds. The monoisotopic (exact) mass is 284 g/mol. The van der Waals surface area contributed by atoms with Crippen molar-refractivity contribution in [1.29, 1.82) is 0 Å². The van der Waals surface area contributed by atoms with E-state index in [9.17, 15) is 8.78 Å². The van der Waals surface area contributed by atoms with Crippen LogP contribution >= 0.6 is 11.6 Å². The van der Waals surface area contributed by atoms with Gasteiger partial charge in [-0.2, -0.15) is 8.78 Å². The lowest BCUT2D eigenvalue weighted by atomic mass is 10.2. The molecule has 0 fully saturated rings. The SMILES string of the molecule is FC(F)Oc1cccc(Oc2ccc(CCl)cc2)c1. The third-order valence-electron chi connectivity index (χ3n) is 2.34. The minimum absolute atomic E-state index is 0.0601. The summed E-state index contributed by atoms with van der Waals surface area (Å²) in [5.41, 5.74) is 0.976. The Hall–Kier alpha value is -1.81. The lowest BCUT2D eigenvalue weighted by Gasteiger charge is -2.08. The highest BCUT2D eigenvalue weighted by atomic mass is 35.5. The fourth-order valence-corrected chi connectivity index (χ4v) is 1.67. The van der Waals surface area contributed by atoms with Gasteiger partial charge in [-0.15, -0.1) is 11.6 Å². The third-order valence-corrected chi connectivity index (χ3v) is 2.65. The van der Waals surface area contributed by atoms with Crippen molar-refractivity contribution in [2.75, 3.05) is 0 Å². The van der Waals surface area contributed by atoms with Crippen molar-refractivity contribution < 1.29 is 18.3 Å². The first kappa shape index (κ1) is 13.6. The lowest BCUT2D eigenvalue weighted by molar-refractivity contribution is -0.0499. The molecule has 0 heterocycles. The van der Waals surface area contributed by atoms with Crippen molar-refractivity contribution in [2.24, 2.45) is 0 Å². The molecular weight excluding hydrogens is 274 g/mol. The van der Waals surface area contributed by atoms with Crippen molar-refractivity contribution >= 4 is 11.6 Å². The van der Waals surface area contributed by atoms with Gasteiger partial charge in [0, 0.05) is 11.9 Å². The maximum atomic E-state index is 12.1. The minimum atomic E-state index is -2.85. The summed E-state index contributed by atoms with van der Waals surface area (Å²) < 4.78 is 34.0. The number of halogens is 3. The van der Waals surface area contributed by atoms with Gasteiger partial charge in [0.1, 0.15) is 17.2 Å². The van der Waals surface area contributed by atoms with Gasteiger partial charge in [-0.1, -0.05) is 18.2 Å². The van der Waals surface area contributed by atoms with Crippen LogP contribution in [0.15, 0.2) is 48.5 Å². The minimum Gasteiger partial charge on any atom is -0.457 e. The van der Waals surface area contributed by atoms with Crippen LogP contribution in [0.25, 0.3) is 0 Å². The summed E-state index contributed by atoms with van der Waals surface area (Å²) in [5, 5.41) is 0. The highest BCUT2D eigenvalue weighted by Crippen LogP contribution is 2.26. The molecule has 19 heavy (non-hydrogen) atoms. The molecule has 0 radical (unpaired) electrons. The molecule has 0 bridgehead atoms. The molecule has 2 aromatic rings. The number of rotatable bonds is 5. The largest absolute Gasteiger partial charge is 0.457 e. The standard InChI is InChI=1S/C14H11ClF2O2/c15-9-10-4-6-11(7-5-10)18-12-2-1-3-13(8-12)19-14(16)17/h1-8,14H,9H2. The normalized spacial score (nSPS) is 10.5. The van der Waals surface area contributed by atoms with Crippen molar-refractivity contribution in [3.8, 4) is 17.2 Å². The zero-order chi connectivity index (χ0) is 13.7. The van der Waals surface area contributed by atoms with Crippen LogP contribution < -0.4 is 9.47 Å².